The van der Waals surface area contributed by atoms with E-state index in [1.165, 1.54) is 16.6 Å². The number of benzene rings is 1. The van der Waals surface area contributed by atoms with Crippen LogP contribution in [0.1, 0.15) is 18.9 Å². The van der Waals surface area contributed by atoms with E-state index in [1.54, 1.807) is 12.4 Å². The number of nitrogens with zero attached hydrogens (tertiary/aromatic N) is 3. The lowest BCUT2D eigenvalue weighted by Crippen LogP contribution is -2.38. The molecule has 0 radical (unpaired) electrons. The summed E-state index contributed by atoms with van der Waals surface area (Å²) in [5.74, 6) is -0.317. The minimum atomic E-state index is -3.15. The smallest absolute Gasteiger partial charge is 0.211 e. The first-order valence-corrected chi connectivity index (χ1v) is 9.27. The molecular formula is C13H15BrFN3O2S. The molecule has 0 N–H and O–H groups in total. The van der Waals surface area contributed by atoms with Crippen molar-refractivity contribution in [3.63, 3.8) is 0 Å². The highest BCUT2D eigenvalue weighted by molar-refractivity contribution is 9.10. The number of sulfonamides is 1. The van der Waals surface area contributed by atoms with Crippen molar-refractivity contribution in [3.8, 4) is 0 Å². The van der Waals surface area contributed by atoms with Gasteiger partial charge in [-0.3, -0.25) is 0 Å². The topological polar surface area (TPSA) is 55.2 Å². The number of aromatic nitrogens is 2. The summed E-state index contributed by atoms with van der Waals surface area (Å²) in [6.07, 6.45) is 4.18. The highest BCUT2D eigenvalue weighted by Gasteiger charge is 2.27. The number of fused-ring (bicyclic) bond motifs is 1. The largest absolute Gasteiger partial charge is 0.325 e. The molecule has 0 saturated carbocycles. The zero-order valence-electron chi connectivity index (χ0n) is 11.5. The molecule has 5 nitrogen and oxygen atoms in total. The molecule has 1 aromatic carbocycles. The average Bonchev–Trinajstić information content (AvgIpc) is 2.81. The average molecular weight is 376 g/mol. The molecule has 1 fully saturated rings. The standard InChI is InChI=1S/C13H15BrFN3O2S/c1-21(19,20)17-4-2-10(3-5-17)18-8-16-12-7-9(14)6-11(15)13(12)18/h6-8,10H,2-5H2,1H3. The van der Waals surface area contributed by atoms with Gasteiger partial charge in [0.25, 0.3) is 0 Å². The van der Waals surface area contributed by atoms with Gasteiger partial charge in [0.05, 0.1) is 18.1 Å². The van der Waals surface area contributed by atoms with E-state index in [4.69, 9.17) is 0 Å². The molecule has 1 aliphatic rings. The highest BCUT2D eigenvalue weighted by Crippen LogP contribution is 2.30. The second-order valence-corrected chi connectivity index (χ2v) is 8.20. The number of imidazole rings is 1. The summed E-state index contributed by atoms with van der Waals surface area (Å²) >= 11 is 3.26. The molecule has 2 heterocycles. The molecule has 2 aromatic rings. The zero-order valence-corrected chi connectivity index (χ0v) is 13.9. The minimum Gasteiger partial charge on any atom is -0.325 e. The van der Waals surface area contributed by atoms with Crippen molar-refractivity contribution in [2.45, 2.75) is 18.9 Å². The monoisotopic (exact) mass is 375 g/mol. The number of hydrogen-bond donors (Lipinski definition) is 0. The van der Waals surface area contributed by atoms with Gasteiger partial charge in [0.15, 0.2) is 0 Å². The summed E-state index contributed by atoms with van der Waals surface area (Å²) in [5.41, 5.74) is 1.09. The quantitative estimate of drug-likeness (QED) is 0.810. The van der Waals surface area contributed by atoms with Crippen molar-refractivity contribution in [3.05, 3.63) is 28.7 Å². The first-order valence-electron chi connectivity index (χ1n) is 6.63. The van der Waals surface area contributed by atoms with Crippen molar-refractivity contribution in [1.29, 1.82) is 0 Å². The Kier molecular flexibility index (Phi) is 3.79. The molecule has 3 rings (SSSR count). The molecule has 0 aliphatic carbocycles. The van der Waals surface area contributed by atoms with Crippen molar-refractivity contribution < 1.29 is 12.8 Å². The Balaban J connectivity index is 1.90. The van der Waals surface area contributed by atoms with Crippen LogP contribution < -0.4 is 0 Å². The SMILES string of the molecule is CS(=O)(=O)N1CCC(n2cnc3cc(Br)cc(F)c32)CC1. The molecule has 8 heteroatoms. The van der Waals surface area contributed by atoms with Gasteiger partial charge in [-0.25, -0.2) is 22.1 Å². The third-order valence-corrected chi connectivity index (χ3v) is 5.63. The van der Waals surface area contributed by atoms with Gasteiger partial charge in [0.2, 0.25) is 10.0 Å². The van der Waals surface area contributed by atoms with Crippen molar-refractivity contribution in [1.82, 2.24) is 13.9 Å². The van der Waals surface area contributed by atoms with Crippen LogP contribution in [-0.4, -0.2) is 41.6 Å². The second-order valence-electron chi connectivity index (χ2n) is 5.30. The summed E-state index contributed by atoms with van der Waals surface area (Å²) in [4.78, 5) is 4.24. The molecule has 1 aromatic heterocycles. The van der Waals surface area contributed by atoms with Crippen LogP contribution in [0.4, 0.5) is 4.39 Å². The fourth-order valence-electron chi connectivity index (χ4n) is 2.82. The third kappa shape index (κ3) is 2.84. The molecule has 0 atom stereocenters. The Hall–Kier alpha value is -0.990. The normalized spacial score (nSPS) is 18.4. The van der Waals surface area contributed by atoms with Crippen molar-refractivity contribution >= 4 is 37.0 Å². The maximum absolute atomic E-state index is 14.2. The van der Waals surface area contributed by atoms with Crippen LogP contribution in [0, 0.1) is 5.82 Å². The maximum Gasteiger partial charge on any atom is 0.211 e. The van der Waals surface area contributed by atoms with Gasteiger partial charge in [0, 0.05) is 23.6 Å². The minimum absolute atomic E-state index is 0.0728. The second kappa shape index (κ2) is 5.33. The van der Waals surface area contributed by atoms with Crippen LogP contribution in [0.5, 0.6) is 0 Å². The summed E-state index contributed by atoms with van der Waals surface area (Å²) < 4.78 is 41.2. The molecule has 114 valence electrons. The zero-order chi connectivity index (χ0) is 15.2. The fourth-order valence-corrected chi connectivity index (χ4v) is 4.11. The summed E-state index contributed by atoms with van der Waals surface area (Å²) in [6, 6.07) is 3.27. The Labute approximate surface area is 130 Å². The predicted molar refractivity (Wildman–Crippen MR) is 82.1 cm³/mol. The summed E-state index contributed by atoms with van der Waals surface area (Å²) in [5, 5.41) is 0. The van der Waals surface area contributed by atoms with E-state index in [-0.39, 0.29) is 11.9 Å². The fraction of sp³-hybridized carbons (Fsp3) is 0.462. The molecule has 1 saturated heterocycles. The van der Waals surface area contributed by atoms with Crippen LogP contribution >= 0.6 is 15.9 Å². The highest BCUT2D eigenvalue weighted by atomic mass is 79.9. The van der Waals surface area contributed by atoms with Gasteiger partial charge in [-0.2, -0.15) is 0 Å². The lowest BCUT2D eigenvalue weighted by molar-refractivity contribution is 0.278. The van der Waals surface area contributed by atoms with E-state index in [0.29, 0.717) is 41.4 Å². The Morgan fingerprint density at radius 2 is 2.00 bits per heavy atom. The Morgan fingerprint density at radius 1 is 1.33 bits per heavy atom. The van der Waals surface area contributed by atoms with Gasteiger partial charge in [0.1, 0.15) is 11.3 Å². The van der Waals surface area contributed by atoms with Gasteiger partial charge in [-0.15, -0.1) is 0 Å². The molecule has 0 bridgehead atoms. The lowest BCUT2D eigenvalue weighted by atomic mass is 10.1. The predicted octanol–water partition coefficient (Wildman–Crippen LogP) is 2.53. The Morgan fingerprint density at radius 3 is 2.62 bits per heavy atom. The first-order chi connectivity index (χ1) is 9.86. The molecule has 21 heavy (non-hydrogen) atoms. The van der Waals surface area contributed by atoms with E-state index in [9.17, 15) is 12.8 Å². The van der Waals surface area contributed by atoms with Crippen LogP contribution in [0.2, 0.25) is 0 Å². The molecule has 0 amide bonds. The molecule has 1 aliphatic heterocycles. The first kappa shape index (κ1) is 14.9. The van der Waals surface area contributed by atoms with E-state index < -0.39 is 10.0 Å². The molecule has 0 spiro atoms. The molecule has 0 unspecified atom stereocenters. The lowest BCUT2D eigenvalue weighted by Gasteiger charge is -2.31. The van der Waals surface area contributed by atoms with Crippen LogP contribution in [0.15, 0.2) is 22.9 Å². The Bertz CT molecular complexity index is 782. The third-order valence-electron chi connectivity index (χ3n) is 3.87. The summed E-state index contributed by atoms with van der Waals surface area (Å²) in [7, 11) is -3.15. The van der Waals surface area contributed by atoms with Gasteiger partial charge >= 0.3 is 0 Å². The number of rotatable bonds is 2. The van der Waals surface area contributed by atoms with Gasteiger partial charge in [-0.05, 0) is 25.0 Å². The van der Waals surface area contributed by atoms with Crippen LogP contribution in [-0.2, 0) is 10.0 Å². The van der Waals surface area contributed by atoms with E-state index in [0.717, 1.165) is 0 Å². The van der Waals surface area contributed by atoms with Gasteiger partial charge in [-0.1, -0.05) is 15.9 Å². The van der Waals surface area contributed by atoms with Crippen LogP contribution in [0.3, 0.4) is 0 Å². The van der Waals surface area contributed by atoms with E-state index in [1.807, 2.05) is 4.57 Å². The van der Waals surface area contributed by atoms with E-state index in [2.05, 4.69) is 20.9 Å². The van der Waals surface area contributed by atoms with Crippen molar-refractivity contribution in [2.75, 3.05) is 19.3 Å². The molecular weight excluding hydrogens is 361 g/mol. The van der Waals surface area contributed by atoms with Crippen LogP contribution in [0.25, 0.3) is 11.0 Å². The van der Waals surface area contributed by atoms with Crippen molar-refractivity contribution in [2.24, 2.45) is 0 Å². The number of halogens is 2. The maximum atomic E-state index is 14.2. The summed E-state index contributed by atoms with van der Waals surface area (Å²) in [6.45, 7) is 0.919. The number of piperidine rings is 1. The van der Waals surface area contributed by atoms with Gasteiger partial charge < -0.3 is 4.57 Å². The van der Waals surface area contributed by atoms with E-state index >= 15 is 0 Å². The number of hydrogen-bond acceptors (Lipinski definition) is 3.